The van der Waals surface area contributed by atoms with E-state index in [2.05, 4.69) is 17.0 Å². The Labute approximate surface area is 99.1 Å². The third-order valence-electron chi connectivity index (χ3n) is 2.22. The fourth-order valence-electron chi connectivity index (χ4n) is 1.50. The molecule has 0 atom stereocenters. The van der Waals surface area contributed by atoms with Gasteiger partial charge in [0.1, 0.15) is 0 Å². The SMILES string of the molecule is CCCn1cc(-c2ncc(N)cc2Cl)cn1. The molecule has 2 rings (SSSR count). The van der Waals surface area contributed by atoms with Gasteiger partial charge in [-0.05, 0) is 12.5 Å². The van der Waals surface area contributed by atoms with Crippen molar-refractivity contribution in [1.29, 1.82) is 0 Å². The van der Waals surface area contributed by atoms with Gasteiger partial charge < -0.3 is 5.73 Å². The van der Waals surface area contributed by atoms with Gasteiger partial charge in [0.2, 0.25) is 0 Å². The molecule has 0 spiro atoms. The van der Waals surface area contributed by atoms with E-state index in [1.807, 2.05) is 10.9 Å². The molecule has 0 unspecified atom stereocenters. The van der Waals surface area contributed by atoms with Crippen LogP contribution in [0.3, 0.4) is 0 Å². The van der Waals surface area contributed by atoms with Gasteiger partial charge in [-0.2, -0.15) is 5.10 Å². The average molecular weight is 237 g/mol. The lowest BCUT2D eigenvalue weighted by molar-refractivity contribution is 0.603. The maximum absolute atomic E-state index is 6.07. The Morgan fingerprint density at radius 3 is 2.94 bits per heavy atom. The summed E-state index contributed by atoms with van der Waals surface area (Å²) in [5, 5.41) is 4.78. The van der Waals surface area contributed by atoms with Gasteiger partial charge >= 0.3 is 0 Å². The quantitative estimate of drug-likeness (QED) is 0.891. The molecular weight excluding hydrogens is 224 g/mol. The molecule has 0 radical (unpaired) electrons. The molecule has 0 aliphatic carbocycles. The van der Waals surface area contributed by atoms with Crippen molar-refractivity contribution in [2.75, 3.05) is 5.73 Å². The van der Waals surface area contributed by atoms with Gasteiger partial charge in [0.05, 0.1) is 28.8 Å². The van der Waals surface area contributed by atoms with E-state index < -0.39 is 0 Å². The first-order valence-corrected chi connectivity index (χ1v) is 5.52. The van der Waals surface area contributed by atoms with Gasteiger partial charge in [-0.15, -0.1) is 0 Å². The van der Waals surface area contributed by atoms with Crippen LogP contribution in [0.5, 0.6) is 0 Å². The number of hydrogen-bond acceptors (Lipinski definition) is 3. The van der Waals surface area contributed by atoms with E-state index in [-0.39, 0.29) is 0 Å². The van der Waals surface area contributed by atoms with Crippen LogP contribution < -0.4 is 5.73 Å². The van der Waals surface area contributed by atoms with Crippen molar-refractivity contribution in [1.82, 2.24) is 14.8 Å². The summed E-state index contributed by atoms with van der Waals surface area (Å²) in [6, 6.07) is 1.70. The predicted octanol–water partition coefficient (Wildman–Crippen LogP) is 2.59. The molecule has 84 valence electrons. The largest absolute Gasteiger partial charge is 0.397 e. The number of halogens is 1. The topological polar surface area (TPSA) is 56.7 Å². The summed E-state index contributed by atoms with van der Waals surface area (Å²) in [4.78, 5) is 4.21. The van der Waals surface area contributed by atoms with Crippen LogP contribution in [0.4, 0.5) is 5.69 Å². The van der Waals surface area contributed by atoms with Gasteiger partial charge in [0, 0.05) is 18.3 Å². The van der Waals surface area contributed by atoms with Crippen LogP contribution in [-0.4, -0.2) is 14.8 Å². The number of nitrogens with zero attached hydrogens (tertiary/aromatic N) is 3. The van der Waals surface area contributed by atoms with Gasteiger partial charge in [0.15, 0.2) is 0 Å². The monoisotopic (exact) mass is 236 g/mol. The minimum absolute atomic E-state index is 0.552. The minimum atomic E-state index is 0.552. The molecular formula is C11H13ClN4. The van der Waals surface area contributed by atoms with Gasteiger partial charge in [-0.25, -0.2) is 0 Å². The van der Waals surface area contributed by atoms with Crippen LogP contribution in [0.15, 0.2) is 24.7 Å². The summed E-state index contributed by atoms with van der Waals surface area (Å²) in [7, 11) is 0. The zero-order valence-corrected chi connectivity index (χ0v) is 9.78. The number of aromatic nitrogens is 3. The Kier molecular flexibility index (Phi) is 3.10. The summed E-state index contributed by atoms with van der Waals surface area (Å²) in [6.45, 7) is 3.00. The highest BCUT2D eigenvalue weighted by atomic mass is 35.5. The van der Waals surface area contributed by atoms with E-state index in [1.165, 1.54) is 0 Å². The number of aryl methyl sites for hydroxylation is 1. The molecule has 0 saturated carbocycles. The number of hydrogen-bond donors (Lipinski definition) is 1. The van der Waals surface area contributed by atoms with E-state index >= 15 is 0 Å². The number of anilines is 1. The summed E-state index contributed by atoms with van der Waals surface area (Å²) in [5.41, 5.74) is 7.79. The first-order chi connectivity index (χ1) is 7.70. The second-order valence-corrected chi connectivity index (χ2v) is 4.00. The number of pyridine rings is 1. The molecule has 5 heteroatoms. The van der Waals surface area contributed by atoms with Crippen molar-refractivity contribution in [3.8, 4) is 11.3 Å². The van der Waals surface area contributed by atoms with Crippen LogP contribution >= 0.6 is 11.6 Å². The lowest BCUT2D eigenvalue weighted by atomic mass is 10.2. The van der Waals surface area contributed by atoms with E-state index in [4.69, 9.17) is 17.3 Å². The minimum Gasteiger partial charge on any atom is -0.397 e. The van der Waals surface area contributed by atoms with E-state index in [1.54, 1.807) is 18.5 Å². The lowest BCUT2D eigenvalue weighted by Crippen LogP contribution is -1.95. The molecule has 0 fully saturated rings. The first-order valence-electron chi connectivity index (χ1n) is 5.14. The molecule has 0 saturated heterocycles. The van der Waals surface area contributed by atoms with Crippen molar-refractivity contribution < 1.29 is 0 Å². The van der Waals surface area contributed by atoms with E-state index in [0.717, 1.165) is 24.2 Å². The molecule has 0 aliphatic heterocycles. The van der Waals surface area contributed by atoms with E-state index in [0.29, 0.717) is 10.7 Å². The highest BCUT2D eigenvalue weighted by Gasteiger charge is 2.07. The summed E-state index contributed by atoms with van der Waals surface area (Å²) in [6.07, 6.45) is 6.34. The molecule has 2 heterocycles. The van der Waals surface area contributed by atoms with Crippen LogP contribution in [0.1, 0.15) is 13.3 Å². The molecule has 16 heavy (non-hydrogen) atoms. The Morgan fingerprint density at radius 1 is 1.44 bits per heavy atom. The van der Waals surface area contributed by atoms with Gasteiger partial charge in [-0.1, -0.05) is 18.5 Å². The second-order valence-electron chi connectivity index (χ2n) is 3.59. The fourth-order valence-corrected chi connectivity index (χ4v) is 1.79. The van der Waals surface area contributed by atoms with Crippen molar-refractivity contribution in [2.45, 2.75) is 19.9 Å². The van der Waals surface area contributed by atoms with Crippen molar-refractivity contribution in [3.05, 3.63) is 29.7 Å². The fraction of sp³-hybridized carbons (Fsp3) is 0.273. The number of nitrogens with two attached hydrogens (primary N) is 1. The second kappa shape index (κ2) is 4.53. The number of nitrogen functional groups attached to an aromatic ring is 1. The Morgan fingerprint density at radius 2 is 2.25 bits per heavy atom. The van der Waals surface area contributed by atoms with Crippen LogP contribution in [0.25, 0.3) is 11.3 Å². The van der Waals surface area contributed by atoms with Crippen molar-refractivity contribution in [2.24, 2.45) is 0 Å². The molecule has 0 amide bonds. The maximum Gasteiger partial charge on any atom is 0.0921 e. The molecule has 2 N–H and O–H groups in total. The van der Waals surface area contributed by atoms with Crippen LogP contribution in [0, 0.1) is 0 Å². The molecule has 2 aromatic rings. The lowest BCUT2D eigenvalue weighted by Gasteiger charge is -2.01. The summed E-state index contributed by atoms with van der Waals surface area (Å²) < 4.78 is 1.88. The standard InChI is InChI=1S/C11H13ClN4/c1-2-3-16-7-8(5-15-16)11-10(12)4-9(13)6-14-11/h4-7H,2-3,13H2,1H3. The van der Waals surface area contributed by atoms with Crippen LogP contribution in [-0.2, 0) is 6.54 Å². The smallest absolute Gasteiger partial charge is 0.0921 e. The van der Waals surface area contributed by atoms with Crippen LogP contribution in [0.2, 0.25) is 5.02 Å². The molecule has 2 aromatic heterocycles. The highest BCUT2D eigenvalue weighted by Crippen LogP contribution is 2.26. The first kappa shape index (κ1) is 11.0. The predicted molar refractivity (Wildman–Crippen MR) is 65.2 cm³/mol. The third kappa shape index (κ3) is 2.17. The third-order valence-corrected chi connectivity index (χ3v) is 2.51. The Hall–Kier alpha value is -1.55. The Bertz CT molecular complexity index is 492. The van der Waals surface area contributed by atoms with Crippen molar-refractivity contribution in [3.63, 3.8) is 0 Å². The average Bonchev–Trinajstić information content (AvgIpc) is 2.67. The number of rotatable bonds is 3. The van der Waals surface area contributed by atoms with Gasteiger partial charge in [0.25, 0.3) is 0 Å². The zero-order valence-electron chi connectivity index (χ0n) is 9.02. The zero-order chi connectivity index (χ0) is 11.5. The van der Waals surface area contributed by atoms with E-state index in [9.17, 15) is 0 Å². The normalized spacial score (nSPS) is 10.6. The summed E-state index contributed by atoms with van der Waals surface area (Å²) >= 11 is 6.07. The summed E-state index contributed by atoms with van der Waals surface area (Å²) in [5.74, 6) is 0. The highest BCUT2D eigenvalue weighted by molar-refractivity contribution is 6.33. The molecule has 0 bridgehead atoms. The maximum atomic E-state index is 6.07. The molecule has 4 nitrogen and oxygen atoms in total. The Balaban J connectivity index is 2.35. The molecule has 0 aromatic carbocycles. The van der Waals surface area contributed by atoms with Crippen molar-refractivity contribution >= 4 is 17.3 Å². The van der Waals surface area contributed by atoms with Gasteiger partial charge in [-0.3, -0.25) is 9.67 Å². The molecule has 0 aliphatic rings.